The molecule has 0 saturated heterocycles. The van der Waals surface area contributed by atoms with E-state index >= 15 is 0 Å². The summed E-state index contributed by atoms with van der Waals surface area (Å²) in [5.41, 5.74) is 0.700. The van der Waals surface area contributed by atoms with Crippen LogP contribution >= 0.6 is 11.3 Å². The van der Waals surface area contributed by atoms with E-state index in [2.05, 4.69) is 22.3 Å². The number of aryl methyl sites for hydroxylation is 1. The fraction of sp³-hybridized carbons (Fsp3) is 0.167. The Kier molecular flexibility index (Phi) is 3.77. The van der Waals surface area contributed by atoms with Gasteiger partial charge in [0.05, 0.1) is 15.4 Å². The average Bonchev–Trinajstić information content (AvgIpc) is 2.96. The number of nitrogens with one attached hydrogen (secondary N) is 1. The Morgan fingerprint density at radius 1 is 1.61 bits per heavy atom. The van der Waals surface area contributed by atoms with Crippen LogP contribution in [-0.2, 0) is 0 Å². The fourth-order valence-electron chi connectivity index (χ4n) is 1.25. The van der Waals surface area contributed by atoms with Gasteiger partial charge < -0.3 is 9.63 Å². The lowest BCUT2D eigenvalue weighted by Crippen LogP contribution is -2.09. The number of aliphatic hydroxyl groups excluding tert-OH is 1. The Morgan fingerprint density at radius 3 is 3.11 bits per heavy atom. The maximum absolute atomic E-state index is 11.8. The second-order valence-corrected chi connectivity index (χ2v) is 4.49. The van der Waals surface area contributed by atoms with Crippen LogP contribution in [0.15, 0.2) is 22.7 Å². The van der Waals surface area contributed by atoms with E-state index in [0.29, 0.717) is 16.5 Å². The largest absolute Gasteiger partial charge is 0.384 e. The van der Waals surface area contributed by atoms with E-state index in [-0.39, 0.29) is 12.5 Å². The van der Waals surface area contributed by atoms with Crippen LogP contribution in [0.25, 0.3) is 0 Å². The Bertz CT molecular complexity index is 619. The van der Waals surface area contributed by atoms with E-state index in [4.69, 9.17) is 9.63 Å². The minimum Gasteiger partial charge on any atom is -0.384 e. The Morgan fingerprint density at radius 2 is 2.44 bits per heavy atom. The SMILES string of the molecule is Cc1cc(NC(=O)c2ccc(C#CCO)s2)on1. The zero-order valence-electron chi connectivity index (χ0n) is 9.56. The summed E-state index contributed by atoms with van der Waals surface area (Å²) in [4.78, 5) is 13.1. The van der Waals surface area contributed by atoms with Crippen LogP contribution in [-0.4, -0.2) is 22.8 Å². The molecule has 2 aromatic heterocycles. The van der Waals surface area contributed by atoms with E-state index in [1.54, 1.807) is 25.1 Å². The van der Waals surface area contributed by atoms with Crippen molar-refractivity contribution in [1.82, 2.24) is 5.16 Å². The second kappa shape index (κ2) is 5.49. The number of thiophene rings is 1. The molecule has 2 rings (SSSR count). The first-order valence-corrected chi connectivity index (χ1v) is 5.95. The lowest BCUT2D eigenvalue weighted by Gasteiger charge is -1.96. The second-order valence-electron chi connectivity index (χ2n) is 3.41. The molecule has 0 radical (unpaired) electrons. The molecule has 0 unspecified atom stereocenters. The van der Waals surface area contributed by atoms with Crippen molar-refractivity contribution in [3.8, 4) is 11.8 Å². The zero-order chi connectivity index (χ0) is 13.0. The molecule has 2 heterocycles. The summed E-state index contributed by atoms with van der Waals surface area (Å²) in [5.74, 6) is 5.31. The van der Waals surface area contributed by atoms with Crippen molar-refractivity contribution in [2.24, 2.45) is 0 Å². The highest BCUT2D eigenvalue weighted by Crippen LogP contribution is 2.17. The van der Waals surface area contributed by atoms with Crippen molar-refractivity contribution in [1.29, 1.82) is 0 Å². The van der Waals surface area contributed by atoms with Crippen molar-refractivity contribution in [2.45, 2.75) is 6.92 Å². The summed E-state index contributed by atoms with van der Waals surface area (Å²) in [6.07, 6.45) is 0. The van der Waals surface area contributed by atoms with Crippen LogP contribution in [0.4, 0.5) is 5.88 Å². The van der Waals surface area contributed by atoms with Crippen LogP contribution in [0.2, 0.25) is 0 Å². The molecule has 0 aliphatic rings. The van der Waals surface area contributed by atoms with Gasteiger partial charge in [0.15, 0.2) is 0 Å². The van der Waals surface area contributed by atoms with Gasteiger partial charge >= 0.3 is 0 Å². The molecule has 2 N–H and O–H groups in total. The number of rotatable bonds is 2. The summed E-state index contributed by atoms with van der Waals surface area (Å²) >= 11 is 1.25. The Labute approximate surface area is 107 Å². The van der Waals surface area contributed by atoms with Crippen LogP contribution < -0.4 is 5.32 Å². The normalized spacial score (nSPS) is 9.67. The van der Waals surface area contributed by atoms with Gasteiger partial charge in [0, 0.05) is 6.07 Å². The van der Waals surface area contributed by atoms with Crippen LogP contribution in [0.5, 0.6) is 0 Å². The topological polar surface area (TPSA) is 75.4 Å². The fourth-order valence-corrected chi connectivity index (χ4v) is 2.03. The van der Waals surface area contributed by atoms with Crippen molar-refractivity contribution >= 4 is 23.1 Å². The quantitative estimate of drug-likeness (QED) is 0.807. The smallest absolute Gasteiger partial charge is 0.268 e. The van der Waals surface area contributed by atoms with Crippen molar-refractivity contribution < 1.29 is 14.4 Å². The number of carbonyl (C=O) groups excluding carboxylic acids is 1. The number of aliphatic hydroxyl groups is 1. The molecule has 0 aromatic carbocycles. The van der Waals surface area contributed by atoms with Crippen LogP contribution in [0.3, 0.4) is 0 Å². The maximum atomic E-state index is 11.8. The minimum absolute atomic E-state index is 0.198. The monoisotopic (exact) mass is 262 g/mol. The molecule has 0 atom stereocenters. The van der Waals surface area contributed by atoms with Gasteiger partial charge in [-0.05, 0) is 19.1 Å². The number of nitrogens with zero attached hydrogens (tertiary/aromatic N) is 1. The molecule has 1 amide bonds. The van der Waals surface area contributed by atoms with E-state index in [1.165, 1.54) is 11.3 Å². The van der Waals surface area contributed by atoms with Gasteiger partial charge in [-0.1, -0.05) is 17.0 Å². The summed E-state index contributed by atoms with van der Waals surface area (Å²) < 4.78 is 4.89. The number of anilines is 1. The summed E-state index contributed by atoms with van der Waals surface area (Å²) in [6, 6.07) is 5.04. The highest BCUT2D eigenvalue weighted by Gasteiger charge is 2.11. The summed E-state index contributed by atoms with van der Waals surface area (Å²) in [5, 5.41) is 14.8. The van der Waals surface area contributed by atoms with E-state index in [9.17, 15) is 4.79 Å². The molecule has 0 aliphatic carbocycles. The van der Waals surface area contributed by atoms with Gasteiger partial charge in [0.1, 0.15) is 6.61 Å². The first-order chi connectivity index (χ1) is 8.69. The lowest BCUT2D eigenvalue weighted by atomic mass is 10.4. The highest BCUT2D eigenvalue weighted by molar-refractivity contribution is 7.14. The van der Waals surface area contributed by atoms with Gasteiger partial charge in [-0.3, -0.25) is 10.1 Å². The summed E-state index contributed by atoms with van der Waals surface area (Å²) in [6.45, 7) is 1.57. The van der Waals surface area contributed by atoms with Gasteiger partial charge in [-0.25, -0.2) is 0 Å². The maximum Gasteiger partial charge on any atom is 0.268 e. The third kappa shape index (κ3) is 2.97. The number of amides is 1. The number of hydrogen-bond acceptors (Lipinski definition) is 5. The average molecular weight is 262 g/mol. The molecule has 6 heteroatoms. The van der Waals surface area contributed by atoms with E-state index in [0.717, 1.165) is 4.88 Å². The van der Waals surface area contributed by atoms with Crippen LogP contribution in [0.1, 0.15) is 20.2 Å². The lowest BCUT2D eigenvalue weighted by molar-refractivity contribution is 0.102. The first-order valence-electron chi connectivity index (χ1n) is 5.13. The van der Waals surface area contributed by atoms with Gasteiger partial charge in [-0.15, -0.1) is 11.3 Å². The van der Waals surface area contributed by atoms with Gasteiger partial charge in [0.2, 0.25) is 5.88 Å². The Balaban J connectivity index is 2.07. The number of aromatic nitrogens is 1. The molecule has 92 valence electrons. The van der Waals surface area contributed by atoms with Crippen LogP contribution in [0, 0.1) is 18.8 Å². The highest BCUT2D eigenvalue weighted by atomic mass is 32.1. The molecule has 0 aliphatic heterocycles. The zero-order valence-corrected chi connectivity index (χ0v) is 10.4. The van der Waals surface area contributed by atoms with E-state index in [1.807, 2.05) is 0 Å². The molecule has 0 bridgehead atoms. The molecule has 5 nitrogen and oxygen atoms in total. The van der Waals surface area contributed by atoms with Crippen molar-refractivity contribution in [3.05, 3.63) is 33.6 Å². The van der Waals surface area contributed by atoms with Gasteiger partial charge in [-0.2, -0.15) is 0 Å². The molecule has 0 spiro atoms. The minimum atomic E-state index is -0.270. The first kappa shape index (κ1) is 12.4. The molecule has 2 aromatic rings. The molecule has 0 fully saturated rings. The molecular formula is C12H10N2O3S. The third-order valence-electron chi connectivity index (χ3n) is 1.99. The van der Waals surface area contributed by atoms with E-state index < -0.39 is 0 Å². The predicted molar refractivity (Wildman–Crippen MR) is 67.5 cm³/mol. The predicted octanol–water partition coefficient (Wildman–Crippen LogP) is 1.64. The van der Waals surface area contributed by atoms with Crippen molar-refractivity contribution in [2.75, 3.05) is 11.9 Å². The number of carbonyl (C=O) groups is 1. The number of hydrogen-bond donors (Lipinski definition) is 2. The Hall–Kier alpha value is -2.10. The molecule has 18 heavy (non-hydrogen) atoms. The van der Waals surface area contributed by atoms with Crippen molar-refractivity contribution in [3.63, 3.8) is 0 Å². The third-order valence-corrected chi connectivity index (χ3v) is 2.98. The summed E-state index contributed by atoms with van der Waals surface area (Å²) in [7, 11) is 0. The molecule has 0 saturated carbocycles. The molecular weight excluding hydrogens is 252 g/mol. The standard InChI is InChI=1S/C12H10N2O3S/c1-8-7-11(17-14-8)13-12(16)10-5-4-9(18-10)3-2-6-15/h4-5,7,15H,6H2,1H3,(H,13,16). The van der Waals surface area contributed by atoms with Gasteiger partial charge in [0.25, 0.3) is 5.91 Å².